The molecule has 8 nitrogen and oxygen atoms in total. The van der Waals surface area contributed by atoms with Crippen molar-refractivity contribution in [1.29, 1.82) is 0 Å². The molecule has 162 valence electrons. The first-order valence-electron chi connectivity index (χ1n) is 10.2. The molecule has 0 radical (unpaired) electrons. The quantitative estimate of drug-likeness (QED) is 0.516. The van der Waals surface area contributed by atoms with E-state index in [2.05, 4.69) is 10.3 Å². The summed E-state index contributed by atoms with van der Waals surface area (Å²) in [5, 5.41) is 3.14. The van der Waals surface area contributed by atoms with Crippen molar-refractivity contribution in [2.75, 3.05) is 29.0 Å². The van der Waals surface area contributed by atoms with Crippen molar-refractivity contribution in [3.63, 3.8) is 0 Å². The van der Waals surface area contributed by atoms with Gasteiger partial charge in [-0.3, -0.25) is 19.1 Å². The van der Waals surface area contributed by atoms with E-state index in [9.17, 15) is 14.4 Å². The Labute approximate surface area is 180 Å². The molecule has 2 aromatic carbocycles. The number of aromatic nitrogens is 2. The van der Waals surface area contributed by atoms with Gasteiger partial charge in [0.1, 0.15) is 5.82 Å². The van der Waals surface area contributed by atoms with Crippen LogP contribution in [-0.4, -0.2) is 28.5 Å². The molecular weight excluding hydrogens is 394 g/mol. The predicted molar refractivity (Wildman–Crippen MR) is 124 cm³/mol. The Balaban J connectivity index is 1.90. The monoisotopic (exact) mass is 421 g/mol. The van der Waals surface area contributed by atoms with E-state index in [-0.39, 0.29) is 37.0 Å². The molecule has 0 aliphatic carbocycles. The minimum absolute atomic E-state index is 0.0124. The number of benzene rings is 2. The van der Waals surface area contributed by atoms with Crippen LogP contribution >= 0.6 is 0 Å². The number of nitrogens with two attached hydrogens (primary N) is 1. The Morgan fingerprint density at radius 3 is 2.42 bits per heavy atom. The first kappa shape index (κ1) is 21.9. The average molecular weight is 422 g/mol. The SMILES string of the molecule is CCc1ccccc1NCC(=O)N(CC)c1c(N)n(Cc2ccccc2)c(=O)[nH]c1=O. The summed E-state index contributed by atoms with van der Waals surface area (Å²) in [6.45, 7) is 4.19. The number of aromatic amines is 1. The number of nitrogens with zero attached hydrogens (tertiary/aromatic N) is 2. The Morgan fingerprint density at radius 1 is 1.06 bits per heavy atom. The van der Waals surface area contributed by atoms with E-state index in [1.54, 1.807) is 6.92 Å². The summed E-state index contributed by atoms with van der Waals surface area (Å²) >= 11 is 0. The van der Waals surface area contributed by atoms with Gasteiger partial charge in [-0.05, 0) is 30.5 Å². The molecule has 0 unspecified atom stereocenters. The fourth-order valence-electron chi connectivity index (χ4n) is 3.49. The number of H-pyrrole nitrogens is 1. The number of nitrogens with one attached hydrogen (secondary N) is 2. The lowest BCUT2D eigenvalue weighted by molar-refractivity contribution is -0.116. The van der Waals surface area contributed by atoms with Crippen molar-refractivity contribution >= 4 is 23.1 Å². The number of likely N-dealkylation sites (N-methyl/N-ethyl adjacent to an activating group) is 1. The van der Waals surface area contributed by atoms with E-state index < -0.39 is 11.2 Å². The van der Waals surface area contributed by atoms with Crippen molar-refractivity contribution in [1.82, 2.24) is 9.55 Å². The molecule has 0 saturated heterocycles. The fraction of sp³-hybridized carbons (Fsp3) is 0.261. The van der Waals surface area contributed by atoms with Crippen LogP contribution in [0.4, 0.5) is 17.2 Å². The van der Waals surface area contributed by atoms with Gasteiger partial charge in [0, 0.05) is 12.2 Å². The van der Waals surface area contributed by atoms with Crippen LogP contribution in [0.1, 0.15) is 25.0 Å². The second kappa shape index (κ2) is 9.80. The van der Waals surface area contributed by atoms with Gasteiger partial charge in [0.2, 0.25) is 5.91 Å². The average Bonchev–Trinajstić information content (AvgIpc) is 2.78. The first-order valence-corrected chi connectivity index (χ1v) is 10.2. The van der Waals surface area contributed by atoms with Gasteiger partial charge in [0.05, 0.1) is 13.1 Å². The van der Waals surface area contributed by atoms with Crippen molar-refractivity contribution < 1.29 is 4.79 Å². The van der Waals surface area contributed by atoms with Crippen LogP contribution in [0.3, 0.4) is 0 Å². The molecule has 31 heavy (non-hydrogen) atoms. The molecule has 0 spiro atoms. The van der Waals surface area contributed by atoms with E-state index in [0.717, 1.165) is 23.2 Å². The zero-order chi connectivity index (χ0) is 22.4. The van der Waals surface area contributed by atoms with Gasteiger partial charge in [-0.1, -0.05) is 55.5 Å². The molecule has 0 aliphatic rings. The summed E-state index contributed by atoms with van der Waals surface area (Å²) in [6, 6.07) is 17.0. The molecule has 1 amide bonds. The van der Waals surface area contributed by atoms with E-state index in [1.165, 1.54) is 9.47 Å². The number of amides is 1. The van der Waals surface area contributed by atoms with Crippen molar-refractivity contribution in [3.05, 3.63) is 86.6 Å². The van der Waals surface area contributed by atoms with Gasteiger partial charge < -0.3 is 16.0 Å². The van der Waals surface area contributed by atoms with E-state index >= 15 is 0 Å². The number of para-hydroxylation sites is 1. The van der Waals surface area contributed by atoms with Crippen LogP contribution in [0.15, 0.2) is 64.2 Å². The van der Waals surface area contributed by atoms with Crippen LogP contribution in [0.2, 0.25) is 0 Å². The van der Waals surface area contributed by atoms with Gasteiger partial charge in [-0.25, -0.2) is 4.79 Å². The summed E-state index contributed by atoms with van der Waals surface area (Å²) in [5.41, 5.74) is 7.71. The van der Waals surface area contributed by atoms with Crippen molar-refractivity contribution in [3.8, 4) is 0 Å². The highest BCUT2D eigenvalue weighted by molar-refractivity contribution is 5.98. The third-order valence-electron chi connectivity index (χ3n) is 5.11. The molecular formula is C23H27N5O3. The minimum atomic E-state index is -0.684. The highest BCUT2D eigenvalue weighted by Crippen LogP contribution is 2.19. The number of hydrogen-bond donors (Lipinski definition) is 3. The zero-order valence-corrected chi connectivity index (χ0v) is 17.7. The highest BCUT2D eigenvalue weighted by Gasteiger charge is 2.23. The molecule has 3 aromatic rings. The number of rotatable bonds is 8. The molecule has 0 atom stereocenters. The normalized spacial score (nSPS) is 10.6. The molecule has 0 bridgehead atoms. The van der Waals surface area contributed by atoms with Crippen molar-refractivity contribution in [2.24, 2.45) is 0 Å². The third-order valence-corrected chi connectivity index (χ3v) is 5.11. The van der Waals surface area contributed by atoms with Crippen LogP contribution in [0, 0.1) is 0 Å². The molecule has 0 saturated carbocycles. The summed E-state index contributed by atoms with van der Waals surface area (Å²) in [5.74, 6) is -0.364. The molecule has 3 rings (SSSR count). The van der Waals surface area contributed by atoms with Gasteiger partial charge >= 0.3 is 5.69 Å². The Bertz CT molecular complexity index is 1170. The Morgan fingerprint density at radius 2 is 1.74 bits per heavy atom. The maximum atomic E-state index is 13.0. The number of hydrogen-bond acceptors (Lipinski definition) is 5. The van der Waals surface area contributed by atoms with Gasteiger partial charge in [-0.15, -0.1) is 0 Å². The molecule has 0 aliphatic heterocycles. The van der Waals surface area contributed by atoms with Gasteiger partial charge in [0.15, 0.2) is 5.69 Å². The smallest absolute Gasteiger partial charge is 0.330 e. The number of carbonyl (C=O) groups excluding carboxylic acids is 1. The maximum Gasteiger partial charge on any atom is 0.330 e. The van der Waals surface area contributed by atoms with E-state index in [0.29, 0.717) is 0 Å². The second-order valence-electron chi connectivity index (χ2n) is 7.07. The molecule has 4 N–H and O–H groups in total. The number of nitrogen functional groups attached to an aromatic ring is 1. The molecule has 8 heteroatoms. The summed E-state index contributed by atoms with van der Waals surface area (Å²) in [7, 11) is 0. The van der Waals surface area contributed by atoms with Crippen LogP contribution in [0.5, 0.6) is 0 Å². The zero-order valence-electron chi connectivity index (χ0n) is 17.7. The molecule has 1 heterocycles. The summed E-state index contributed by atoms with van der Waals surface area (Å²) in [4.78, 5) is 41.5. The minimum Gasteiger partial charge on any atom is -0.383 e. The summed E-state index contributed by atoms with van der Waals surface area (Å²) < 4.78 is 1.27. The number of carbonyl (C=O) groups is 1. The maximum absolute atomic E-state index is 13.0. The topological polar surface area (TPSA) is 113 Å². The van der Waals surface area contributed by atoms with E-state index in [4.69, 9.17) is 5.73 Å². The lowest BCUT2D eigenvalue weighted by Gasteiger charge is -2.24. The van der Waals surface area contributed by atoms with Crippen LogP contribution < -0.4 is 27.2 Å². The predicted octanol–water partition coefficient (Wildman–Crippen LogP) is 2.19. The Hall–Kier alpha value is -3.81. The van der Waals surface area contributed by atoms with Crippen LogP contribution in [0.25, 0.3) is 0 Å². The van der Waals surface area contributed by atoms with Crippen molar-refractivity contribution in [2.45, 2.75) is 26.8 Å². The summed E-state index contributed by atoms with van der Waals surface area (Å²) in [6.07, 6.45) is 0.825. The fourth-order valence-corrected chi connectivity index (χ4v) is 3.49. The largest absolute Gasteiger partial charge is 0.383 e. The second-order valence-corrected chi connectivity index (χ2v) is 7.07. The Kier molecular flexibility index (Phi) is 6.92. The lowest BCUT2D eigenvalue weighted by Crippen LogP contribution is -2.43. The van der Waals surface area contributed by atoms with Gasteiger partial charge in [0.25, 0.3) is 5.56 Å². The molecule has 1 aromatic heterocycles. The standard InChI is InChI=1S/C23H27N5O3/c1-3-17-12-8-9-13-18(17)25-14-19(29)27(4-2)20-21(24)28(23(31)26-22(20)30)15-16-10-6-5-7-11-16/h5-13,25H,3-4,14-15,24H2,1-2H3,(H,26,30,31). The third kappa shape index (κ3) is 4.85. The number of aryl methyl sites for hydroxylation is 1. The van der Waals surface area contributed by atoms with Gasteiger partial charge in [-0.2, -0.15) is 0 Å². The first-order chi connectivity index (χ1) is 15.0. The highest BCUT2D eigenvalue weighted by atomic mass is 16.2. The lowest BCUT2D eigenvalue weighted by atomic mass is 10.1. The van der Waals surface area contributed by atoms with E-state index in [1.807, 2.05) is 61.5 Å². The molecule has 0 fully saturated rings. The number of anilines is 3. The van der Waals surface area contributed by atoms with Crippen LogP contribution in [-0.2, 0) is 17.8 Å².